The zero-order valence-corrected chi connectivity index (χ0v) is 9.85. The fourth-order valence-corrected chi connectivity index (χ4v) is 1.30. The number of halogens is 3. The van der Waals surface area contributed by atoms with E-state index in [0.29, 0.717) is 6.20 Å². The van der Waals surface area contributed by atoms with Crippen LogP contribution in [0.4, 0.5) is 18.9 Å². The molecule has 8 heteroatoms. The van der Waals surface area contributed by atoms with Crippen LogP contribution in [0.1, 0.15) is 5.56 Å². The minimum absolute atomic E-state index is 0.0985. The number of nitriles is 1. The molecule has 0 amide bonds. The largest absolute Gasteiger partial charge is 0.478 e. The third kappa shape index (κ3) is 3.58. The maximum absolute atomic E-state index is 12.8. The predicted octanol–water partition coefficient (Wildman–Crippen LogP) is 2.12. The van der Waals surface area contributed by atoms with Crippen molar-refractivity contribution in [1.29, 1.82) is 5.26 Å². The van der Waals surface area contributed by atoms with Crippen molar-refractivity contribution in [3.63, 3.8) is 0 Å². The predicted molar refractivity (Wildman–Crippen MR) is 64.2 cm³/mol. The van der Waals surface area contributed by atoms with Crippen molar-refractivity contribution in [1.82, 2.24) is 0 Å². The normalized spacial score (nSPS) is 12.9. The molecule has 0 aliphatic heterocycles. The molecule has 0 atom stereocenters. The molecule has 0 saturated carbocycles. The van der Waals surface area contributed by atoms with E-state index in [1.807, 2.05) is 0 Å². The zero-order chi connectivity index (χ0) is 15.3. The number of alkyl halides is 3. The highest BCUT2D eigenvalue weighted by Gasteiger charge is 2.40. The van der Waals surface area contributed by atoms with Gasteiger partial charge in [0.15, 0.2) is 5.71 Å². The van der Waals surface area contributed by atoms with Crippen LogP contribution in [0.25, 0.3) is 0 Å². The average molecular weight is 283 g/mol. The van der Waals surface area contributed by atoms with Gasteiger partial charge in [-0.15, -0.1) is 0 Å². The summed E-state index contributed by atoms with van der Waals surface area (Å²) in [5, 5.41) is 17.4. The van der Waals surface area contributed by atoms with Crippen LogP contribution < -0.4 is 5.73 Å². The van der Waals surface area contributed by atoms with E-state index in [2.05, 4.69) is 4.99 Å². The number of nitrogens with zero attached hydrogens (tertiary/aromatic N) is 2. The van der Waals surface area contributed by atoms with Gasteiger partial charge in [-0.25, -0.2) is 9.79 Å². The van der Waals surface area contributed by atoms with Crippen molar-refractivity contribution < 1.29 is 23.1 Å². The fraction of sp³-hybridized carbons (Fsp3) is 0.0833. The third-order valence-electron chi connectivity index (χ3n) is 2.14. The van der Waals surface area contributed by atoms with Gasteiger partial charge in [-0.3, -0.25) is 0 Å². The molecule has 20 heavy (non-hydrogen) atoms. The average Bonchev–Trinajstić information content (AvgIpc) is 2.37. The minimum atomic E-state index is -4.99. The van der Waals surface area contributed by atoms with Crippen molar-refractivity contribution >= 4 is 17.4 Å². The minimum Gasteiger partial charge on any atom is -0.478 e. The molecule has 0 spiro atoms. The van der Waals surface area contributed by atoms with E-state index in [4.69, 9.17) is 16.1 Å². The van der Waals surface area contributed by atoms with Crippen LogP contribution in [0.5, 0.6) is 0 Å². The summed E-state index contributed by atoms with van der Waals surface area (Å²) < 4.78 is 38.5. The Morgan fingerprint density at radius 3 is 2.55 bits per heavy atom. The van der Waals surface area contributed by atoms with Crippen LogP contribution >= 0.6 is 0 Å². The van der Waals surface area contributed by atoms with Crippen molar-refractivity contribution in [3.05, 3.63) is 41.6 Å². The van der Waals surface area contributed by atoms with Gasteiger partial charge in [-0.05, 0) is 18.2 Å². The van der Waals surface area contributed by atoms with Crippen LogP contribution in [0.2, 0.25) is 0 Å². The lowest BCUT2D eigenvalue weighted by Gasteiger charge is -2.10. The van der Waals surface area contributed by atoms with Gasteiger partial charge in [0.05, 0.1) is 17.3 Å². The maximum Gasteiger partial charge on any atom is 0.434 e. The molecule has 0 fully saturated rings. The van der Waals surface area contributed by atoms with E-state index in [1.54, 1.807) is 6.07 Å². The summed E-state index contributed by atoms with van der Waals surface area (Å²) in [6.45, 7) is 0. The summed E-state index contributed by atoms with van der Waals surface area (Å²) in [4.78, 5) is 14.0. The Labute approximate surface area is 111 Å². The van der Waals surface area contributed by atoms with Crippen LogP contribution in [0, 0.1) is 11.3 Å². The first kappa shape index (κ1) is 15.2. The Bertz CT molecular complexity index is 628. The SMILES string of the molecule is N#Cc1cccc(N=C(C(=CN)C(=O)O)C(F)(F)F)c1. The highest BCUT2D eigenvalue weighted by molar-refractivity contribution is 6.22. The first-order chi connectivity index (χ1) is 9.29. The summed E-state index contributed by atoms with van der Waals surface area (Å²) in [6.07, 6.45) is -4.67. The Kier molecular flexibility index (Phi) is 4.48. The monoisotopic (exact) mass is 283 g/mol. The Hall–Kier alpha value is -2.82. The number of carboxylic acids is 1. The highest BCUT2D eigenvalue weighted by atomic mass is 19.4. The van der Waals surface area contributed by atoms with Gasteiger partial charge in [0.25, 0.3) is 0 Å². The quantitative estimate of drug-likeness (QED) is 0.655. The van der Waals surface area contributed by atoms with E-state index in [1.165, 1.54) is 18.2 Å². The van der Waals surface area contributed by atoms with Gasteiger partial charge in [0, 0.05) is 6.20 Å². The molecule has 1 aromatic rings. The van der Waals surface area contributed by atoms with Crippen molar-refractivity contribution in [2.75, 3.05) is 0 Å². The standard InChI is InChI=1S/C12H8F3N3O2/c13-12(14,15)10(9(6-17)11(19)20)18-8-3-1-2-7(4-8)5-16/h1-4,6H,17H2,(H,19,20). The molecule has 1 aromatic carbocycles. The number of carboxylic acid groups (broad SMARTS) is 1. The molecular weight excluding hydrogens is 275 g/mol. The van der Waals surface area contributed by atoms with Gasteiger partial charge in [0.1, 0.15) is 5.57 Å². The number of hydrogen-bond donors (Lipinski definition) is 2. The molecule has 0 radical (unpaired) electrons. The van der Waals surface area contributed by atoms with Gasteiger partial charge in [-0.1, -0.05) is 6.07 Å². The molecule has 0 aliphatic carbocycles. The number of rotatable bonds is 3. The smallest absolute Gasteiger partial charge is 0.434 e. The number of carbonyl (C=O) groups is 1. The molecule has 1 rings (SSSR count). The van der Waals surface area contributed by atoms with Crippen LogP contribution in [0.3, 0.4) is 0 Å². The molecule has 0 unspecified atom stereocenters. The third-order valence-corrected chi connectivity index (χ3v) is 2.14. The fourth-order valence-electron chi connectivity index (χ4n) is 1.30. The first-order valence-electron chi connectivity index (χ1n) is 5.11. The van der Waals surface area contributed by atoms with E-state index < -0.39 is 23.4 Å². The van der Waals surface area contributed by atoms with Crippen molar-refractivity contribution in [2.45, 2.75) is 6.18 Å². The summed E-state index contributed by atoms with van der Waals surface area (Å²) >= 11 is 0. The van der Waals surface area contributed by atoms with Gasteiger partial charge in [-0.2, -0.15) is 18.4 Å². The van der Waals surface area contributed by atoms with Gasteiger partial charge >= 0.3 is 12.1 Å². The van der Waals surface area contributed by atoms with Crippen LogP contribution in [0.15, 0.2) is 41.0 Å². The maximum atomic E-state index is 12.8. The molecule has 0 aliphatic rings. The second kappa shape index (κ2) is 5.88. The molecular formula is C12H8F3N3O2. The lowest BCUT2D eigenvalue weighted by atomic mass is 10.1. The number of hydrogen-bond acceptors (Lipinski definition) is 4. The summed E-state index contributed by atoms with van der Waals surface area (Å²) in [7, 11) is 0. The molecule has 0 saturated heterocycles. The first-order valence-corrected chi connectivity index (χ1v) is 5.11. The number of aliphatic carboxylic acids is 1. The molecule has 0 aromatic heterocycles. The second-order valence-electron chi connectivity index (χ2n) is 3.51. The Morgan fingerprint density at radius 1 is 1.45 bits per heavy atom. The number of benzene rings is 1. The van der Waals surface area contributed by atoms with E-state index >= 15 is 0 Å². The highest BCUT2D eigenvalue weighted by Crippen LogP contribution is 2.26. The van der Waals surface area contributed by atoms with E-state index in [-0.39, 0.29) is 11.3 Å². The second-order valence-corrected chi connectivity index (χ2v) is 3.51. The molecule has 0 heterocycles. The Morgan fingerprint density at radius 2 is 2.10 bits per heavy atom. The van der Waals surface area contributed by atoms with Gasteiger partial charge in [0.2, 0.25) is 0 Å². The van der Waals surface area contributed by atoms with E-state index in [9.17, 15) is 18.0 Å². The van der Waals surface area contributed by atoms with Crippen LogP contribution in [-0.2, 0) is 4.79 Å². The van der Waals surface area contributed by atoms with Crippen LogP contribution in [-0.4, -0.2) is 23.0 Å². The lowest BCUT2D eigenvalue weighted by Crippen LogP contribution is -2.29. The van der Waals surface area contributed by atoms with Crippen molar-refractivity contribution in [2.24, 2.45) is 10.7 Å². The Balaban J connectivity index is 3.42. The number of aliphatic imine (C=N–C) groups is 1. The zero-order valence-electron chi connectivity index (χ0n) is 9.85. The van der Waals surface area contributed by atoms with Gasteiger partial charge < -0.3 is 10.8 Å². The lowest BCUT2D eigenvalue weighted by molar-refractivity contribution is -0.132. The molecule has 5 nitrogen and oxygen atoms in total. The number of nitrogens with two attached hydrogens (primary N) is 1. The topological polar surface area (TPSA) is 99.5 Å². The van der Waals surface area contributed by atoms with E-state index in [0.717, 1.165) is 6.07 Å². The van der Waals surface area contributed by atoms with Crippen molar-refractivity contribution in [3.8, 4) is 6.07 Å². The molecule has 3 N–H and O–H groups in total. The summed E-state index contributed by atoms with van der Waals surface area (Å²) in [6, 6.07) is 6.76. The summed E-state index contributed by atoms with van der Waals surface area (Å²) in [5.41, 5.74) is 2.00. The summed E-state index contributed by atoms with van der Waals surface area (Å²) in [5.74, 6) is -1.85. The molecule has 0 bridgehead atoms. The molecule has 104 valence electrons.